The van der Waals surface area contributed by atoms with Crippen molar-refractivity contribution in [3.8, 4) is 11.3 Å². The van der Waals surface area contributed by atoms with Crippen molar-refractivity contribution in [3.63, 3.8) is 0 Å². The van der Waals surface area contributed by atoms with Gasteiger partial charge in [0.05, 0.1) is 23.2 Å². The van der Waals surface area contributed by atoms with Gasteiger partial charge in [0.1, 0.15) is 5.82 Å². The number of H-pyrrole nitrogens is 1. The van der Waals surface area contributed by atoms with E-state index in [4.69, 9.17) is 0 Å². The predicted molar refractivity (Wildman–Crippen MR) is 72.8 cm³/mol. The van der Waals surface area contributed by atoms with Crippen molar-refractivity contribution < 1.29 is 12.8 Å². The van der Waals surface area contributed by atoms with Gasteiger partial charge >= 0.3 is 0 Å². The number of aromatic amines is 1. The van der Waals surface area contributed by atoms with Crippen LogP contribution in [0.15, 0.2) is 35.1 Å². The van der Waals surface area contributed by atoms with Crippen molar-refractivity contribution in [3.05, 3.63) is 46.5 Å². The van der Waals surface area contributed by atoms with E-state index in [0.717, 1.165) is 0 Å². The number of nitrogens with one attached hydrogen (secondary N) is 1. The summed E-state index contributed by atoms with van der Waals surface area (Å²) in [5.41, 5.74) is 0.967. The van der Waals surface area contributed by atoms with Gasteiger partial charge in [0.15, 0.2) is 9.84 Å². The maximum Gasteiger partial charge on any atom is 0.267 e. The van der Waals surface area contributed by atoms with Crippen molar-refractivity contribution in [2.75, 3.05) is 11.5 Å². The molecule has 0 amide bonds. The van der Waals surface area contributed by atoms with Gasteiger partial charge in [0, 0.05) is 6.07 Å². The average molecular weight is 296 g/mol. The van der Waals surface area contributed by atoms with E-state index < -0.39 is 9.84 Å². The van der Waals surface area contributed by atoms with E-state index in [-0.39, 0.29) is 28.9 Å². The number of aromatic nitrogens is 2. The molecule has 1 aliphatic rings. The first-order valence-corrected chi connectivity index (χ1v) is 8.05. The summed E-state index contributed by atoms with van der Waals surface area (Å²) in [4.78, 5) is 11.9. The molecule has 1 N–H and O–H groups in total. The molecule has 1 aliphatic heterocycles. The molecule has 2 heterocycles. The molecule has 7 heteroatoms. The van der Waals surface area contributed by atoms with E-state index >= 15 is 0 Å². The second-order valence-electron chi connectivity index (χ2n) is 4.94. The number of rotatable bonds is 2. The second kappa shape index (κ2) is 4.59. The molecule has 20 heavy (non-hydrogen) atoms. The SMILES string of the molecule is O=c1cc(-c2ccc(F)cc2)[nH]n1[C@@H]1CCS(=O)(=O)C1. The molecular formula is C13H13FN2O3S. The van der Waals surface area contributed by atoms with Crippen LogP contribution in [0.4, 0.5) is 4.39 Å². The summed E-state index contributed by atoms with van der Waals surface area (Å²) in [7, 11) is -3.05. The average Bonchev–Trinajstić information content (AvgIpc) is 2.93. The molecule has 0 aliphatic carbocycles. The first kappa shape index (κ1) is 13.1. The van der Waals surface area contributed by atoms with Gasteiger partial charge in [-0.3, -0.25) is 9.89 Å². The van der Waals surface area contributed by atoms with Crippen molar-refractivity contribution in [1.82, 2.24) is 9.78 Å². The molecule has 1 atom stereocenters. The molecule has 106 valence electrons. The van der Waals surface area contributed by atoms with E-state index in [1.54, 1.807) is 12.1 Å². The Labute approximate surface area is 115 Å². The summed E-state index contributed by atoms with van der Waals surface area (Å²) in [6.45, 7) is 0. The highest BCUT2D eigenvalue weighted by Gasteiger charge is 2.30. The maximum atomic E-state index is 12.9. The lowest BCUT2D eigenvalue weighted by molar-refractivity contribution is 0.487. The maximum absolute atomic E-state index is 12.9. The van der Waals surface area contributed by atoms with Gasteiger partial charge < -0.3 is 0 Å². The largest absolute Gasteiger partial charge is 0.295 e. The number of hydrogen-bond donors (Lipinski definition) is 1. The third kappa shape index (κ3) is 2.40. The van der Waals surface area contributed by atoms with Crippen LogP contribution in [0.2, 0.25) is 0 Å². The molecule has 1 aromatic carbocycles. The number of benzene rings is 1. The van der Waals surface area contributed by atoms with Crippen LogP contribution in [0.3, 0.4) is 0 Å². The summed E-state index contributed by atoms with van der Waals surface area (Å²) in [5, 5.41) is 2.91. The van der Waals surface area contributed by atoms with Gasteiger partial charge in [0.25, 0.3) is 5.56 Å². The number of hydrogen-bond acceptors (Lipinski definition) is 3. The van der Waals surface area contributed by atoms with Crippen LogP contribution < -0.4 is 5.56 Å². The monoisotopic (exact) mass is 296 g/mol. The minimum Gasteiger partial charge on any atom is -0.295 e. The van der Waals surface area contributed by atoms with E-state index in [9.17, 15) is 17.6 Å². The summed E-state index contributed by atoms with van der Waals surface area (Å²) in [6.07, 6.45) is 0.436. The number of halogens is 1. The fourth-order valence-corrected chi connectivity index (χ4v) is 4.14. The highest BCUT2D eigenvalue weighted by Crippen LogP contribution is 2.23. The Morgan fingerprint density at radius 1 is 1.25 bits per heavy atom. The van der Waals surface area contributed by atoms with Crippen molar-refractivity contribution >= 4 is 9.84 Å². The van der Waals surface area contributed by atoms with Crippen LogP contribution in [-0.4, -0.2) is 29.7 Å². The summed E-state index contributed by atoms with van der Waals surface area (Å²) < 4.78 is 37.2. The van der Waals surface area contributed by atoms with Gasteiger partial charge in [-0.25, -0.2) is 17.5 Å². The van der Waals surface area contributed by atoms with Crippen LogP contribution in [0.5, 0.6) is 0 Å². The van der Waals surface area contributed by atoms with Crippen molar-refractivity contribution in [2.24, 2.45) is 0 Å². The van der Waals surface area contributed by atoms with Gasteiger partial charge in [-0.05, 0) is 36.2 Å². The molecule has 1 fully saturated rings. The van der Waals surface area contributed by atoms with Crippen LogP contribution in [0.25, 0.3) is 11.3 Å². The molecular weight excluding hydrogens is 283 g/mol. The third-order valence-corrected chi connectivity index (χ3v) is 5.23. The zero-order chi connectivity index (χ0) is 14.3. The van der Waals surface area contributed by atoms with Crippen LogP contribution in [-0.2, 0) is 9.84 Å². The Balaban J connectivity index is 1.96. The lowest BCUT2D eigenvalue weighted by Crippen LogP contribution is -2.22. The van der Waals surface area contributed by atoms with Crippen LogP contribution in [0.1, 0.15) is 12.5 Å². The Morgan fingerprint density at radius 3 is 2.55 bits per heavy atom. The highest BCUT2D eigenvalue weighted by molar-refractivity contribution is 7.91. The third-order valence-electron chi connectivity index (χ3n) is 3.47. The fraction of sp³-hybridized carbons (Fsp3) is 0.308. The van der Waals surface area contributed by atoms with Gasteiger partial charge in [-0.2, -0.15) is 0 Å². The zero-order valence-electron chi connectivity index (χ0n) is 10.5. The minimum absolute atomic E-state index is 0.0176. The van der Waals surface area contributed by atoms with Gasteiger partial charge in [-0.1, -0.05) is 0 Å². The Kier molecular flexibility index (Phi) is 3.01. The first-order valence-electron chi connectivity index (χ1n) is 6.22. The molecule has 0 spiro atoms. The zero-order valence-corrected chi connectivity index (χ0v) is 11.4. The van der Waals surface area contributed by atoms with E-state index in [1.165, 1.54) is 22.9 Å². The van der Waals surface area contributed by atoms with E-state index in [0.29, 0.717) is 17.7 Å². The summed E-state index contributed by atoms with van der Waals surface area (Å²) in [6, 6.07) is 6.81. The Hall–Kier alpha value is -1.89. The Morgan fingerprint density at radius 2 is 1.95 bits per heavy atom. The van der Waals surface area contributed by atoms with Crippen LogP contribution >= 0.6 is 0 Å². The van der Waals surface area contributed by atoms with E-state index in [2.05, 4.69) is 5.10 Å². The van der Waals surface area contributed by atoms with Crippen molar-refractivity contribution in [2.45, 2.75) is 12.5 Å². The number of nitrogens with zero attached hydrogens (tertiary/aromatic N) is 1. The Bertz CT molecular complexity index is 790. The molecule has 0 radical (unpaired) electrons. The molecule has 5 nitrogen and oxygen atoms in total. The second-order valence-corrected chi connectivity index (χ2v) is 7.17. The molecule has 0 bridgehead atoms. The summed E-state index contributed by atoms with van der Waals surface area (Å²) in [5.74, 6) is -0.261. The quantitative estimate of drug-likeness (QED) is 0.909. The summed E-state index contributed by atoms with van der Waals surface area (Å²) >= 11 is 0. The topological polar surface area (TPSA) is 71.9 Å². The molecule has 3 rings (SSSR count). The van der Waals surface area contributed by atoms with Crippen molar-refractivity contribution in [1.29, 1.82) is 0 Å². The molecule has 0 saturated carbocycles. The minimum atomic E-state index is -3.05. The predicted octanol–water partition coefficient (Wildman–Crippen LogP) is 1.34. The standard InChI is InChI=1S/C13H13FN2O3S/c14-10-3-1-9(2-4-10)12-7-13(17)16(15-12)11-5-6-20(18,19)8-11/h1-4,7,11,15H,5-6,8H2/t11-/m1/s1. The molecule has 1 aromatic heterocycles. The normalized spacial score (nSPS) is 21.1. The lowest BCUT2D eigenvalue weighted by Gasteiger charge is -2.08. The highest BCUT2D eigenvalue weighted by atomic mass is 32.2. The molecule has 1 saturated heterocycles. The first-order chi connectivity index (χ1) is 9.44. The fourth-order valence-electron chi connectivity index (χ4n) is 2.44. The number of sulfone groups is 1. The molecule has 0 unspecified atom stereocenters. The lowest BCUT2D eigenvalue weighted by atomic mass is 10.1. The van der Waals surface area contributed by atoms with E-state index in [1.807, 2.05) is 0 Å². The van der Waals surface area contributed by atoms with Gasteiger partial charge in [0.2, 0.25) is 0 Å². The van der Waals surface area contributed by atoms with Gasteiger partial charge in [-0.15, -0.1) is 0 Å². The van der Waals surface area contributed by atoms with Crippen LogP contribution in [0, 0.1) is 5.82 Å². The molecule has 2 aromatic rings. The smallest absolute Gasteiger partial charge is 0.267 e.